The molecule has 0 bridgehead atoms. The summed E-state index contributed by atoms with van der Waals surface area (Å²) in [7, 11) is 0. The third-order valence-electron chi connectivity index (χ3n) is 4.00. The number of urea groups is 1. The van der Waals surface area contributed by atoms with E-state index in [0.717, 1.165) is 25.7 Å². The van der Waals surface area contributed by atoms with Gasteiger partial charge in [-0.3, -0.25) is 0 Å². The first-order valence-electron chi connectivity index (χ1n) is 6.93. The van der Waals surface area contributed by atoms with Gasteiger partial charge in [0.2, 0.25) is 6.08 Å². The molecule has 1 aliphatic heterocycles. The first-order chi connectivity index (χ1) is 9.19. The summed E-state index contributed by atoms with van der Waals surface area (Å²) in [6.07, 6.45) is 5.59. The number of hydrogen-bond acceptors (Lipinski definition) is 4. The number of aliphatic hydroxyl groups is 1. The van der Waals surface area contributed by atoms with Gasteiger partial charge >= 0.3 is 6.03 Å². The first-order valence-corrected chi connectivity index (χ1v) is 6.93. The standard InChI is InChI=1S/C13H21N3O3/c17-9-14-5-10-2-1-3-11(4-10)6-15-13(19)16-7-12(18)8-16/h10-12,18H,1-8H2,(H,15,19). The van der Waals surface area contributed by atoms with Crippen LogP contribution in [0.3, 0.4) is 0 Å². The van der Waals surface area contributed by atoms with Gasteiger partial charge in [-0.25, -0.2) is 14.6 Å². The monoisotopic (exact) mass is 267 g/mol. The second kappa shape index (κ2) is 6.68. The first kappa shape index (κ1) is 14.0. The normalized spacial score (nSPS) is 27.3. The van der Waals surface area contributed by atoms with E-state index in [4.69, 9.17) is 5.11 Å². The molecular weight excluding hydrogens is 246 g/mol. The van der Waals surface area contributed by atoms with Gasteiger partial charge in [0, 0.05) is 6.54 Å². The third kappa shape index (κ3) is 4.04. The molecule has 0 spiro atoms. The van der Waals surface area contributed by atoms with E-state index in [9.17, 15) is 9.59 Å². The molecule has 1 saturated heterocycles. The van der Waals surface area contributed by atoms with Gasteiger partial charge in [-0.15, -0.1) is 0 Å². The van der Waals surface area contributed by atoms with Crippen LogP contribution in [0.2, 0.25) is 0 Å². The smallest absolute Gasteiger partial charge is 0.317 e. The number of hydrogen-bond donors (Lipinski definition) is 2. The molecule has 0 radical (unpaired) electrons. The van der Waals surface area contributed by atoms with Crippen LogP contribution in [-0.2, 0) is 4.79 Å². The number of isocyanates is 1. The minimum absolute atomic E-state index is 0.0849. The molecule has 2 N–H and O–H groups in total. The second-order valence-electron chi connectivity index (χ2n) is 5.58. The number of carbonyl (C=O) groups excluding carboxylic acids is 2. The second-order valence-corrected chi connectivity index (χ2v) is 5.58. The van der Waals surface area contributed by atoms with Crippen LogP contribution in [0.5, 0.6) is 0 Å². The number of nitrogens with one attached hydrogen (secondary N) is 1. The van der Waals surface area contributed by atoms with Crippen LogP contribution in [0.25, 0.3) is 0 Å². The highest BCUT2D eigenvalue weighted by Crippen LogP contribution is 2.28. The van der Waals surface area contributed by atoms with Gasteiger partial charge in [-0.2, -0.15) is 0 Å². The van der Waals surface area contributed by atoms with Crippen LogP contribution < -0.4 is 5.32 Å². The molecule has 1 saturated carbocycles. The number of likely N-dealkylation sites (tertiary alicyclic amines) is 1. The summed E-state index contributed by atoms with van der Waals surface area (Å²) < 4.78 is 0. The fourth-order valence-electron chi connectivity index (χ4n) is 2.88. The fourth-order valence-corrected chi connectivity index (χ4v) is 2.88. The third-order valence-corrected chi connectivity index (χ3v) is 4.00. The molecule has 2 unspecified atom stereocenters. The van der Waals surface area contributed by atoms with Crippen molar-refractivity contribution in [1.82, 2.24) is 10.2 Å². The van der Waals surface area contributed by atoms with E-state index in [1.54, 1.807) is 11.0 Å². The topological polar surface area (TPSA) is 82.0 Å². The maximum absolute atomic E-state index is 11.7. The molecule has 2 fully saturated rings. The van der Waals surface area contributed by atoms with Crippen molar-refractivity contribution < 1.29 is 14.7 Å². The van der Waals surface area contributed by atoms with Gasteiger partial charge in [-0.05, 0) is 31.1 Å². The van der Waals surface area contributed by atoms with Crippen molar-refractivity contribution in [3.8, 4) is 0 Å². The summed E-state index contributed by atoms with van der Waals surface area (Å²) in [5.41, 5.74) is 0. The predicted octanol–water partition coefficient (Wildman–Crippen LogP) is 0.515. The Morgan fingerprint density at radius 3 is 2.79 bits per heavy atom. The zero-order valence-corrected chi connectivity index (χ0v) is 11.0. The number of nitrogens with zero attached hydrogens (tertiary/aromatic N) is 2. The summed E-state index contributed by atoms with van der Waals surface area (Å²) in [5.74, 6) is 0.915. The number of aliphatic imine (C=N–C) groups is 1. The number of carbonyl (C=O) groups is 1. The molecule has 6 heteroatoms. The highest BCUT2D eigenvalue weighted by Gasteiger charge is 2.29. The van der Waals surface area contributed by atoms with Gasteiger partial charge < -0.3 is 15.3 Å². The number of rotatable bonds is 4. The molecule has 106 valence electrons. The van der Waals surface area contributed by atoms with Crippen molar-refractivity contribution in [1.29, 1.82) is 0 Å². The Bertz CT molecular complexity index is 362. The van der Waals surface area contributed by atoms with Crippen LogP contribution in [-0.4, -0.2) is 54.4 Å². The van der Waals surface area contributed by atoms with Crippen molar-refractivity contribution in [3.05, 3.63) is 0 Å². The minimum atomic E-state index is -0.356. The molecule has 0 aromatic carbocycles. The van der Waals surface area contributed by atoms with E-state index in [0.29, 0.717) is 38.0 Å². The fraction of sp³-hybridized carbons (Fsp3) is 0.846. The van der Waals surface area contributed by atoms with E-state index < -0.39 is 0 Å². The lowest BCUT2D eigenvalue weighted by molar-refractivity contribution is 0.0262. The van der Waals surface area contributed by atoms with Gasteiger partial charge in [0.15, 0.2) is 0 Å². The average molecular weight is 267 g/mol. The summed E-state index contributed by atoms with van der Waals surface area (Å²) >= 11 is 0. The molecule has 1 heterocycles. The Morgan fingerprint density at radius 2 is 2.11 bits per heavy atom. The van der Waals surface area contributed by atoms with Crippen LogP contribution in [0.15, 0.2) is 4.99 Å². The van der Waals surface area contributed by atoms with Gasteiger partial charge in [0.05, 0.1) is 25.7 Å². The lowest BCUT2D eigenvalue weighted by Crippen LogP contribution is -2.57. The number of β-amino-alcohol motifs (C(OH)–C–C–N with tert-alkyl or cyclic N) is 1. The van der Waals surface area contributed by atoms with E-state index in [1.807, 2.05) is 0 Å². The van der Waals surface area contributed by atoms with Gasteiger partial charge in [0.1, 0.15) is 0 Å². The summed E-state index contributed by atoms with van der Waals surface area (Å²) in [4.78, 5) is 27.1. The Morgan fingerprint density at radius 1 is 1.37 bits per heavy atom. The summed E-state index contributed by atoms with van der Waals surface area (Å²) in [5, 5.41) is 12.1. The summed E-state index contributed by atoms with van der Waals surface area (Å²) in [6.45, 7) is 2.11. The van der Waals surface area contributed by atoms with E-state index in [2.05, 4.69) is 10.3 Å². The van der Waals surface area contributed by atoms with Crippen molar-refractivity contribution >= 4 is 12.1 Å². The quantitative estimate of drug-likeness (QED) is 0.575. The number of aliphatic hydroxyl groups excluding tert-OH is 1. The molecule has 19 heavy (non-hydrogen) atoms. The predicted molar refractivity (Wildman–Crippen MR) is 69.4 cm³/mol. The minimum Gasteiger partial charge on any atom is -0.389 e. The van der Waals surface area contributed by atoms with Crippen molar-refractivity contribution in [2.75, 3.05) is 26.2 Å². The molecule has 6 nitrogen and oxygen atoms in total. The Kier molecular flexibility index (Phi) is 4.93. The maximum Gasteiger partial charge on any atom is 0.317 e. The molecule has 1 aliphatic carbocycles. The molecule has 0 aromatic rings. The van der Waals surface area contributed by atoms with E-state index in [1.165, 1.54) is 0 Å². The van der Waals surface area contributed by atoms with Crippen LogP contribution in [0.1, 0.15) is 25.7 Å². The number of amides is 2. The van der Waals surface area contributed by atoms with Crippen LogP contribution in [0, 0.1) is 11.8 Å². The average Bonchev–Trinajstić information content (AvgIpc) is 2.39. The SMILES string of the molecule is O=C=NCC1CCCC(CNC(=O)N2CC(O)C2)C1. The van der Waals surface area contributed by atoms with Crippen molar-refractivity contribution in [2.45, 2.75) is 31.8 Å². The maximum atomic E-state index is 11.7. The highest BCUT2D eigenvalue weighted by molar-refractivity contribution is 5.75. The zero-order valence-electron chi connectivity index (χ0n) is 11.0. The van der Waals surface area contributed by atoms with E-state index in [-0.39, 0.29) is 12.1 Å². The Balaban J connectivity index is 1.67. The van der Waals surface area contributed by atoms with Crippen LogP contribution >= 0.6 is 0 Å². The largest absolute Gasteiger partial charge is 0.389 e. The zero-order chi connectivity index (χ0) is 13.7. The van der Waals surface area contributed by atoms with Gasteiger partial charge in [-0.1, -0.05) is 6.42 Å². The van der Waals surface area contributed by atoms with Crippen molar-refractivity contribution in [2.24, 2.45) is 16.8 Å². The Hall–Kier alpha value is -1.39. The molecule has 2 aliphatic rings. The lowest BCUT2D eigenvalue weighted by Gasteiger charge is -2.36. The van der Waals surface area contributed by atoms with Crippen molar-refractivity contribution in [3.63, 3.8) is 0 Å². The van der Waals surface area contributed by atoms with Gasteiger partial charge in [0.25, 0.3) is 0 Å². The van der Waals surface area contributed by atoms with Crippen LogP contribution in [0.4, 0.5) is 4.79 Å². The Labute approximate surface area is 112 Å². The van der Waals surface area contributed by atoms with E-state index >= 15 is 0 Å². The molecule has 0 aromatic heterocycles. The summed E-state index contributed by atoms with van der Waals surface area (Å²) in [6, 6.07) is -0.0849. The molecule has 2 rings (SSSR count). The molecular formula is C13H21N3O3. The lowest BCUT2D eigenvalue weighted by atomic mass is 9.81. The highest BCUT2D eigenvalue weighted by atomic mass is 16.3. The molecule has 2 atom stereocenters. The molecule has 2 amide bonds.